The van der Waals surface area contributed by atoms with Gasteiger partial charge in [0.25, 0.3) is 5.91 Å². The van der Waals surface area contributed by atoms with Gasteiger partial charge in [0.05, 0.1) is 6.61 Å². The Morgan fingerprint density at radius 2 is 1.45 bits per heavy atom. The zero-order chi connectivity index (χ0) is 20.5. The average Bonchev–Trinajstić information content (AvgIpc) is 2.76. The molecule has 0 atom stereocenters. The summed E-state index contributed by atoms with van der Waals surface area (Å²) in [5.41, 5.74) is 1.80. The third-order valence-corrected chi connectivity index (χ3v) is 4.11. The van der Waals surface area contributed by atoms with Crippen molar-refractivity contribution in [3.05, 3.63) is 102 Å². The highest BCUT2D eigenvalue weighted by Crippen LogP contribution is 2.17. The molecule has 0 bridgehead atoms. The van der Waals surface area contributed by atoms with Gasteiger partial charge in [0.15, 0.2) is 5.78 Å². The van der Waals surface area contributed by atoms with Gasteiger partial charge >= 0.3 is 0 Å². The van der Waals surface area contributed by atoms with Crippen molar-refractivity contribution in [1.82, 2.24) is 0 Å². The van der Waals surface area contributed by atoms with Crippen molar-refractivity contribution < 1.29 is 14.3 Å². The molecule has 0 spiro atoms. The van der Waals surface area contributed by atoms with Gasteiger partial charge in [0.1, 0.15) is 11.3 Å². The third kappa shape index (κ3) is 5.56. The second-order valence-electron chi connectivity index (χ2n) is 6.18. The van der Waals surface area contributed by atoms with Crippen molar-refractivity contribution in [2.24, 2.45) is 0 Å². The fourth-order valence-corrected chi connectivity index (χ4v) is 2.67. The highest BCUT2D eigenvalue weighted by Gasteiger charge is 2.20. The van der Waals surface area contributed by atoms with Gasteiger partial charge in [0, 0.05) is 23.1 Å². The number of amides is 1. The quantitative estimate of drug-likeness (QED) is 0.250. The van der Waals surface area contributed by atoms with Crippen LogP contribution in [0.1, 0.15) is 17.3 Å². The lowest BCUT2D eigenvalue weighted by Gasteiger charge is -2.10. The van der Waals surface area contributed by atoms with Crippen LogP contribution in [0, 0.1) is 0 Å². The van der Waals surface area contributed by atoms with Crippen molar-refractivity contribution in [3.8, 4) is 5.75 Å². The summed E-state index contributed by atoms with van der Waals surface area (Å²) >= 11 is 0. The molecular weight excluding hydrogens is 364 g/mol. The van der Waals surface area contributed by atoms with Gasteiger partial charge in [-0.2, -0.15) is 0 Å². The topological polar surface area (TPSA) is 67.4 Å². The van der Waals surface area contributed by atoms with E-state index in [1.54, 1.807) is 36.4 Å². The maximum atomic E-state index is 12.9. The summed E-state index contributed by atoms with van der Waals surface area (Å²) < 4.78 is 5.43. The van der Waals surface area contributed by atoms with Crippen LogP contribution in [0.15, 0.2) is 96.7 Å². The van der Waals surface area contributed by atoms with Gasteiger partial charge < -0.3 is 15.4 Å². The van der Waals surface area contributed by atoms with Gasteiger partial charge in [-0.15, -0.1) is 0 Å². The molecule has 0 saturated heterocycles. The molecule has 0 radical (unpaired) electrons. The Hall–Kier alpha value is -3.86. The van der Waals surface area contributed by atoms with Gasteiger partial charge in [-0.05, 0) is 43.3 Å². The van der Waals surface area contributed by atoms with Crippen LogP contribution in [-0.2, 0) is 4.79 Å². The standard InChI is InChI=1S/C24H22N2O3/c1-2-29-21-15-13-19(14-16-21)25-17-22(23(27)18-9-5-3-6-10-18)24(28)26-20-11-7-4-8-12-20/h3-17,25H,2H2,1H3,(H,26,28). The first-order valence-corrected chi connectivity index (χ1v) is 9.33. The largest absolute Gasteiger partial charge is 0.494 e. The van der Waals surface area contributed by atoms with Crippen LogP contribution < -0.4 is 15.4 Å². The third-order valence-electron chi connectivity index (χ3n) is 4.11. The number of anilines is 2. The van der Waals surface area contributed by atoms with Gasteiger partial charge in [-0.25, -0.2) is 0 Å². The maximum Gasteiger partial charge on any atom is 0.261 e. The van der Waals surface area contributed by atoms with Crippen LogP contribution in [0.25, 0.3) is 0 Å². The smallest absolute Gasteiger partial charge is 0.261 e. The second-order valence-corrected chi connectivity index (χ2v) is 6.18. The minimum Gasteiger partial charge on any atom is -0.494 e. The van der Waals surface area contributed by atoms with E-state index in [0.29, 0.717) is 17.9 Å². The Bertz CT molecular complexity index is 982. The Morgan fingerprint density at radius 3 is 2.07 bits per heavy atom. The molecule has 5 nitrogen and oxygen atoms in total. The first-order valence-electron chi connectivity index (χ1n) is 9.33. The predicted molar refractivity (Wildman–Crippen MR) is 115 cm³/mol. The molecule has 0 heterocycles. The molecule has 0 aliphatic heterocycles. The van der Waals surface area contributed by atoms with Gasteiger partial charge in [-0.1, -0.05) is 48.5 Å². The fraction of sp³-hybridized carbons (Fsp3) is 0.0833. The average molecular weight is 386 g/mol. The molecule has 0 unspecified atom stereocenters. The summed E-state index contributed by atoms with van der Waals surface area (Å²) in [5.74, 6) is -0.0922. The molecule has 1 amide bonds. The number of hydrogen-bond acceptors (Lipinski definition) is 4. The molecular formula is C24H22N2O3. The Morgan fingerprint density at radius 1 is 0.828 bits per heavy atom. The Balaban J connectivity index is 1.84. The first kappa shape index (κ1) is 19.9. The molecule has 3 aromatic carbocycles. The van der Waals surface area contributed by atoms with E-state index < -0.39 is 5.91 Å². The number of Topliss-reactive ketones (excluding diaryl/α,β-unsaturated/α-hetero) is 1. The molecule has 0 saturated carbocycles. The van der Waals surface area contributed by atoms with Crippen molar-refractivity contribution >= 4 is 23.1 Å². The zero-order valence-corrected chi connectivity index (χ0v) is 16.1. The maximum absolute atomic E-state index is 12.9. The van der Waals surface area contributed by atoms with Crippen molar-refractivity contribution in [3.63, 3.8) is 0 Å². The number of ether oxygens (including phenoxy) is 1. The number of carbonyl (C=O) groups is 2. The van der Waals surface area contributed by atoms with E-state index in [-0.39, 0.29) is 11.4 Å². The van der Waals surface area contributed by atoms with Crippen LogP contribution in [0.4, 0.5) is 11.4 Å². The molecule has 146 valence electrons. The first-order chi connectivity index (χ1) is 14.2. The molecule has 3 rings (SSSR count). The van der Waals surface area contributed by atoms with Crippen molar-refractivity contribution in [1.29, 1.82) is 0 Å². The van der Waals surface area contributed by atoms with Crippen molar-refractivity contribution in [2.75, 3.05) is 17.2 Å². The molecule has 0 aliphatic rings. The number of carbonyl (C=O) groups excluding carboxylic acids is 2. The van der Waals surface area contributed by atoms with Crippen molar-refractivity contribution in [2.45, 2.75) is 6.92 Å². The van der Waals surface area contributed by atoms with E-state index in [1.165, 1.54) is 6.20 Å². The van der Waals surface area contributed by atoms with Crippen LogP contribution in [0.3, 0.4) is 0 Å². The highest BCUT2D eigenvalue weighted by atomic mass is 16.5. The normalized spacial score (nSPS) is 10.9. The monoisotopic (exact) mass is 386 g/mol. The molecule has 29 heavy (non-hydrogen) atoms. The molecule has 0 fully saturated rings. The lowest BCUT2D eigenvalue weighted by Crippen LogP contribution is -2.21. The predicted octanol–water partition coefficient (Wildman–Crippen LogP) is 4.90. The molecule has 3 aromatic rings. The van der Waals surface area contributed by atoms with Crippen LogP contribution >= 0.6 is 0 Å². The molecule has 0 aliphatic carbocycles. The van der Waals surface area contributed by atoms with E-state index in [1.807, 2.05) is 55.5 Å². The number of benzene rings is 3. The summed E-state index contributed by atoms with van der Waals surface area (Å²) in [5, 5.41) is 5.80. The lowest BCUT2D eigenvalue weighted by molar-refractivity contribution is -0.112. The Kier molecular flexibility index (Phi) is 6.79. The summed E-state index contributed by atoms with van der Waals surface area (Å²) in [6.07, 6.45) is 1.43. The van der Waals surface area contributed by atoms with Crippen LogP contribution in [0.5, 0.6) is 5.75 Å². The molecule has 2 N–H and O–H groups in total. The number of para-hydroxylation sites is 1. The summed E-state index contributed by atoms with van der Waals surface area (Å²) in [6, 6.07) is 25.0. The lowest BCUT2D eigenvalue weighted by atomic mass is 10.0. The minimum absolute atomic E-state index is 0.00828. The number of rotatable bonds is 8. The SMILES string of the molecule is CCOc1ccc(NC=C(C(=O)Nc2ccccc2)C(=O)c2ccccc2)cc1. The number of nitrogens with one attached hydrogen (secondary N) is 2. The van der Waals surface area contributed by atoms with Gasteiger partial charge in [-0.3, -0.25) is 9.59 Å². The zero-order valence-electron chi connectivity index (χ0n) is 16.1. The molecule has 5 heteroatoms. The highest BCUT2D eigenvalue weighted by molar-refractivity contribution is 6.28. The minimum atomic E-state index is -0.483. The van der Waals surface area contributed by atoms with E-state index in [9.17, 15) is 9.59 Å². The van der Waals surface area contributed by atoms with E-state index >= 15 is 0 Å². The second kappa shape index (κ2) is 9.90. The fourth-order valence-electron chi connectivity index (χ4n) is 2.67. The van der Waals surface area contributed by atoms with E-state index in [0.717, 1.165) is 11.4 Å². The Labute approximate surface area is 170 Å². The summed E-state index contributed by atoms with van der Waals surface area (Å²) in [4.78, 5) is 25.8. The van der Waals surface area contributed by atoms with Gasteiger partial charge in [0.2, 0.25) is 0 Å². The summed E-state index contributed by atoms with van der Waals surface area (Å²) in [7, 11) is 0. The number of ketones is 1. The molecule has 0 aromatic heterocycles. The van der Waals surface area contributed by atoms with E-state index in [4.69, 9.17) is 4.74 Å². The van der Waals surface area contributed by atoms with E-state index in [2.05, 4.69) is 10.6 Å². The van der Waals surface area contributed by atoms with Crippen LogP contribution in [0.2, 0.25) is 0 Å². The summed E-state index contributed by atoms with van der Waals surface area (Å²) in [6.45, 7) is 2.50. The number of hydrogen-bond donors (Lipinski definition) is 2. The van der Waals surface area contributed by atoms with Crippen LogP contribution in [-0.4, -0.2) is 18.3 Å².